The van der Waals surface area contributed by atoms with Gasteiger partial charge in [0.25, 0.3) is 0 Å². The Morgan fingerprint density at radius 3 is 2.09 bits per heavy atom. The van der Waals surface area contributed by atoms with Crippen molar-refractivity contribution in [3.63, 3.8) is 0 Å². The summed E-state index contributed by atoms with van der Waals surface area (Å²) in [7, 11) is 0. The van der Waals surface area contributed by atoms with Gasteiger partial charge in [0.05, 0.1) is 30.2 Å². The molecule has 0 aliphatic carbocycles. The van der Waals surface area contributed by atoms with Crippen LogP contribution >= 0.6 is 0 Å². The molecule has 0 N–H and O–H groups in total. The van der Waals surface area contributed by atoms with E-state index in [1.807, 2.05) is 36.5 Å². The topological polar surface area (TPSA) is 78.7 Å². The van der Waals surface area contributed by atoms with Gasteiger partial charge < -0.3 is 4.42 Å². The van der Waals surface area contributed by atoms with Crippen molar-refractivity contribution >= 4 is 11.1 Å². The summed E-state index contributed by atoms with van der Waals surface area (Å²) in [4.78, 5) is 17.5. The number of furan rings is 1. The minimum absolute atomic E-state index is 0.232. The van der Waals surface area contributed by atoms with Gasteiger partial charge in [-0.2, -0.15) is 4.98 Å². The van der Waals surface area contributed by atoms with Crippen LogP contribution in [0, 0.1) is 11.8 Å². The highest BCUT2D eigenvalue weighted by atomic mass is 16.3. The third-order valence-corrected chi connectivity index (χ3v) is 8.40. The zero-order valence-electron chi connectivity index (χ0n) is 27.3. The number of hydrogen-bond donors (Lipinski definition) is 0. The van der Waals surface area contributed by atoms with Crippen molar-refractivity contribution in [1.29, 1.82) is 0 Å². The number of fused-ring (bicyclic) bond motifs is 1. The molecular weight excluding hydrogens is 582 g/mol. The lowest BCUT2D eigenvalue weighted by atomic mass is 10.0. The SMILES string of the molecule is CCCCCc1ccc(C#Cc2c(-c3ccc(CCCCC)cc3)oc3nc(=O)n(Cc4cn(Cc5ccccc5)nn4)cc23)cc1. The van der Waals surface area contributed by atoms with Gasteiger partial charge in [-0.1, -0.05) is 123 Å². The average Bonchev–Trinajstić information content (AvgIpc) is 3.69. The highest BCUT2D eigenvalue weighted by molar-refractivity contribution is 5.89. The second kappa shape index (κ2) is 15.4. The first kappa shape index (κ1) is 31.7. The Morgan fingerprint density at radius 2 is 1.40 bits per heavy atom. The molecule has 7 heteroatoms. The van der Waals surface area contributed by atoms with Crippen molar-refractivity contribution in [2.75, 3.05) is 0 Å². The predicted octanol–water partition coefficient (Wildman–Crippen LogP) is 8.21. The van der Waals surface area contributed by atoms with E-state index >= 15 is 0 Å². The number of aromatic nitrogens is 5. The highest BCUT2D eigenvalue weighted by Crippen LogP contribution is 2.32. The van der Waals surface area contributed by atoms with Crippen LogP contribution in [0.4, 0.5) is 0 Å². The minimum Gasteiger partial charge on any atom is -0.436 e. The lowest BCUT2D eigenvalue weighted by Gasteiger charge is -2.03. The number of hydrogen-bond acceptors (Lipinski definition) is 5. The number of aryl methyl sites for hydroxylation is 2. The molecule has 6 rings (SSSR count). The standard InChI is InChI=1S/C40H41N5O2/c1-3-5-8-12-30-16-18-32(19-17-30)22-25-36-37-29-44(27-35-28-45(43-42-35)26-33-14-10-7-11-15-33)40(46)41-39(37)47-38(36)34-23-20-31(21-24-34)13-9-6-4-2/h7,10-11,14-21,23-24,28-29H,3-6,8-9,12-13,26-27H2,1-2H3. The smallest absolute Gasteiger partial charge is 0.351 e. The Labute approximate surface area is 276 Å². The first-order valence-corrected chi connectivity index (χ1v) is 16.8. The van der Waals surface area contributed by atoms with Crippen LogP contribution in [0.15, 0.2) is 100 Å². The van der Waals surface area contributed by atoms with Crippen LogP contribution in [-0.4, -0.2) is 24.5 Å². The molecule has 7 nitrogen and oxygen atoms in total. The first-order chi connectivity index (χ1) is 23.1. The molecule has 0 unspecified atom stereocenters. The Kier molecular flexibility index (Phi) is 10.4. The van der Waals surface area contributed by atoms with Crippen LogP contribution in [-0.2, 0) is 25.9 Å². The molecule has 0 saturated heterocycles. The summed E-state index contributed by atoms with van der Waals surface area (Å²) >= 11 is 0. The fourth-order valence-corrected chi connectivity index (χ4v) is 5.74. The number of rotatable bonds is 13. The normalized spacial score (nSPS) is 11.1. The molecule has 47 heavy (non-hydrogen) atoms. The van der Waals surface area contributed by atoms with Gasteiger partial charge in [-0.3, -0.25) is 4.57 Å². The fourth-order valence-electron chi connectivity index (χ4n) is 5.74. The van der Waals surface area contributed by atoms with E-state index in [0.717, 1.165) is 29.5 Å². The van der Waals surface area contributed by atoms with E-state index in [-0.39, 0.29) is 12.3 Å². The molecule has 0 fully saturated rings. The van der Waals surface area contributed by atoms with E-state index in [2.05, 4.69) is 89.5 Å². The van der Waals surface area contributed by atoms with Crippen LogP contribution < -0.4 is 5.69 Å². The van der Waals surface area contributed by atoms with Crippen LogP contribution in [0.5, 0.6) is 0 Å². The molecule has 0 saturated carbocycles. The van der Waals surface area contributed by atoms with E-state index in [1.165, 1.54) is 49.7 Å². The zero-order chi connectivity index (χ0) is 32.4. The Morgan fingerprint density at radius 1 is 0.723 bits per heavy atom. The molecule has 0 aliphatic heterocycles. The number of nitrogens with zero attached hydrogens (tertiary/aromatic N) is 5. The van der Waals surface area contributed by atoms with Crippen LogP contribution in [0.25, 0.3) is 22.4 Å². The molecule has 0 radical (unpaired) electrons. The summed E-state index contributed by atoms with van der Waals surface area (Å²) in [6.45, 7) is 5.27. The van der Waals surface area contributed by atoms with Crippen molar-refractivity contribution in [2.45, 2.75) is 78.3 Å². The summed E-state index contributed by atoms with van der Waals surface area (Å²) in [6, 6.07) is 27.0. The minimum atomic E-state index is -0.417. The molecule has 238 valence electrons. The Bertz CT molecular complexity index is 2030. The van der Waals surface area contributed by atoms with E-state index in [1.54, 1.807) is 15.4 Å². The lowest BCUT2D eigenvalue weighted by molar-refractivity contribution is 0.607. The van der Waals surface area contributed by atoms with Gasteiger partial charge in [0.1, 0.15) is 5.69 Å². The zero-order valence-corrected chi connectivity index (χ0v) is 27.3. The van der Waals surface area contributed by atoms with Crippen LogP contribution in [0.2, 0.25) is 0 Å². The van der Waals surface area contributed by atoms with E-state index < -0.39 is 5.69 Å². The summed E-state index contributed by atoms with van der Waals surface area (Å²) in [5, 5.41) is 9.28. The molecule has 3 aromatic heterocycles. The fraction of sp³-hybridized carbons (Fsp3) is 0.300. The third kappa shape index (κ3) is 8.14. The van der Waals surface area contributed by atoms with Crippen molar-refractivity contribution in [2.24, 2.45) is 0 Å². The van der Waals surface area contributed by atoms with Gasteiger partial charge in [-0.15, -0.1) is 5.10 Å². The lowest BCUT2D eigenvalue weighted by Crippen LogP contribution is -2.22. The second-order valence-corrected chi connectivity index (χ2v) is 12.1. The highest BCUT2D eigenvalue weighted by Gasteiger charge is 2.18. The molecule has 6 aromatic rings. The monoisotopic (exact) mass is 623 g/mol. The molecule has 0 spiro atoms. The second-order valence-electron chi connectivity index (χ2n) is 12.1. The molecular formula is C40H41N5O2. The molecule has 0 amide bonds. The summed E-state index contributed by atoms with van der Waals surface area (Å²) in [5.41, 5.74) is 6.80. The summed E-state index contributed by atoms with van der Waals surface area (Å²) in [6.07, 6.45) is 13.0. The van der Waals surface area contributed by atoms with Gasteiger partial charge in [0.2, 0.25) is 5.71 Å². The van der Waals surface area contributed by atoms with E-state index in [0.29, 0.717) is 28.9 Å². The average molecular weight is 624 g/mol. The predicted molar refractivity (Wildman–Crippen MR) is 187 cm³/mol. The quantitative estimate of drug-likeness (QED) is 0.0957. The Balaban J connectivity index is 1.33. The van der Waals surface area contributed by atoms with E-state index in [9.17, 15) is 4.79 Å². The molecule has 3 heterocycles. The van der Waals surface area contributed by atoms with Gasteiger partial charge in [-0.25, -0.2) is 9.48 Å². The van der Waals surface area contributed by atoms with Crippen LogP contribution in [0.1, 0.15) is 85.9 Å². The maximum absolute atomic E-state index is 13.2. The molecule has 0 bridgehead atoms. The summed E-state index contributed by atoms with van der Waals surface area (Å²) in [5.74, 6) is 7.35. The Hall–Kier alpha value is -5.22. The number of unbranched alkanes of at least 4 members (excludes halogenated alkanes) is 4. The van der Waals surface area contributed by atoms with Crippen molar-refractivity contribution in [1.82, 2.24) is 24.5 Å². The maximum Gasteiger partial charge on any atom is 0.351 e. The third-order valence-electron chi connectivity index (χ3n) is 8.40. The van der Waals surface area contributed by atoms with E-state index in [4.69, 9.17) is 4.42 Å². The number of benzene rings is 3. The molecule has 0 atom stereocenters. The maximum atomic E-state index is 13.2. The van der Waals surface area contributed by atoms with Gasteiger partial charge in [0.15, 0.2) is 5.76 Å². The summed E-state index contributed by atoms with van der Waals surface area (Å²) < 4.78 is 9.60. The van der Waals surface area contributed by atoms with Crippen molar-refractivity contribution in [3.05, 3.63) is 135 Å². The van der Waals surface area contributed by atoms with Gasteiger partial charge in [-0.05, 0) is 54.5 Å². The van der Waals surface area contributed by atoms with Crippen molar-refractivity contribution in [3.8, 4) is 23.2 Å². The largest absolute Gasteiger partial charge is 0.436 e. The van der Waals surface area contributed by atoms with Crippen LogP contribution in [0.3, 0.4) is 0 Å². The van der Waals surface area contributed by atoms with Gasteiger partial charge in [0, 0.05) is 17.3 Å². The molecule has 0 aliphatic rings. The van der Waals surface area contributed by atoms with Crippen molar-refractivity contribution < 1.29 is 4.42 Å². The van der Waals surface area contributed by atoms with Gasteiger partial charge >= 0.3 is 5.69 Å². The molecule has 3 aromatic carbocycles. The first-order valence-electron chi connectivity index (χ1n) is 16.8.